The van der Waals surface area contributed by atoms with E-state index in [1.165, 1.54) is 4.90 Å². The number of carbonyl (C=O) groups is 2. The van der Waals surface area contributed by atoms with Crippen LogP contribution >= 0.6 is 23.2 Å². The van der Waals surface area contributed by atoms with Crippen molar-refractivity contribution in [2.45, 2.75) is 6.42 Å². The standard InChI is InChI=1S/C12H12Cl2N2O2/c13-8-3-1-4-9(14)11(8)12(18)16-6-2-5-15-10(17)7-16/h1,3-4H,2,5-7H2,(H,15,17). The molecule has 0 radical (unpaired) electrons. The van der Waals surface area contributed by atoms with E-state index in [0.717, 1.165) is 6.42 Å². The summed E-state index contributed by atoms with van der Waals surface area (Å²) in [5.74, 6) is -0.466. The van der Waals surface area contributed by atoms with Crippen molar-refractivity contribution in [3.05, 3.63) is 33.8 Å². The van der Waals surface area contributed by atoms with Crippen molar-refractivity contribution < 1.29 is 9.59 Å². The molecule has 1 saturated heterocycles. The molecule has 4 nitrogen and oxygen atoms in total. The fourth-order valence-corrected chi connectivity index (χ4v) is 2.40. The van der Waals surface area contributed by atoms with Crippen LogP contribution in [0.2, 0.25) is 10.0 Å². The molecule has 1 fully saturated rings. The highest BCUT2D eigenvalue weighted by molar-refractivity contribution is 6.39. The zero-order valence-electron chi connectivity index (χ0n) is 9.58. The first-order chi connectivity index (χ1) is 8.59. The van der Waals surface area contributed by atoms with Crippen molar-refractivity contribution >= 4 is 35.0 Å². The molecule has 1 N–H and O–H groups in total. The van der Waals surface area contributed by atoms with Crippen LogP contribution in [0.3, 0.4) is 0 Å². The molecule has 0 spiro atoms. The molecule has 1 heterocycles. The van der Waals surface area contributed by atoms with Crippen LogP contribution in [0.4, 0.5) is 0 Å². The lowest BCUT2D eigenvalue weighted by atomic mass is 10.2. The fourth-order valence-electron chi connectivity index (χ4n) is 1.84. The maximum Gasteiger partial charge on any atom is 0.257 e. The van der Waals surface area contributed by atoms with E-state index in [4.69, 9.17) is 23.2 Å². The van der Waals surface area contributed by atoms with E-state index in [9.17, 15) is 9.59 Å². The SMILES string of the molecule is O=C1CN(C(=O)c2c(Cl)cccc2Cl)CCCN1. The molecule has 18 heavy (non-hydrogen) atoms. The van der Waals surface area contributed by atoms with E-state index in [1.54, 1.807) is 18.2 Å². The van der Waals surface area contributed by atoms with Gasteiger partial charge in [-0.05, 0) is 18.6 Å². The van der Waals surface area contributed by atoms with Crippen molar-refractivity contribution in [1.29, 1.82) is 0 Å². The predicted molar refractivity (Wildman–Crippen MR) is 70.0 cm³/mol. The van der Waals surface area contributed by atoms with Crippen LogP contribution < -0.4 is 5.32 Å². The first-order valence-corrected chi connectivity index (χ1v) is 6.35. The summed E-state index contributed by atoms with van der Waals surface area (Å²) in [5.41, 5.74) is 0.260. The van der Waals surface area contributed by atoms with Gasteiger partial charge >= 0.3 is 0 Å². The molecule has 0 saturated carbocycles. The molecule has 1 aliphatic heterocycles. The molecule has 0 bridgehead atoms. The second kappa shape index (κ2) is 5.59. The molecule has 0 unspecified atom stereocenters. The summed E-state index contributed by atoms with van der Waals surface area (Å²) in [4.78, 5) is 25.2. The third kappa shape index (κ3) is 2.76. The molecule has 96 valence electrons. The monoisotopic (exact) mass is 286 g/mol. The molecule has 0 atom stereocenters. The van der Waals surface area contributed by atoms with Gasteiger partial charge in [-0.15, -0.1) is 0 Å². The molecule has 1 aromatic rings. The summed E-state index contributed by atoms with van der Waals surface area (Å²) in [5, 5.41) is 3.32. The minimum Gasteiger partial charge on any atom is -0.354 e. The quantitative estimate of drug-likeness (QED) is 0.858. The van der Waals surface area contributed by atoms with Crippen LogP contribution in [0, 0.1) is 0 Å². The predicted octanol–water partition coefficient (Wildman–Crippen LogP) is 1.96. The Balaban J connectivity index is 2.27. The minimum absolute atomic E-state index is 0.0420. The van der Waals surface area contributed by atoms with Crippen molar-refractivity contribution in [1.82, 2.24) is 10.2 Å². The van der Waals surface area contributed by atoms with E-state index in [1.807, 2.05) is 0 Å². The van der Waals surface area contributed by atoms with Crippen LogP contribution in [0.25, 0.3) is 0 Å². The Hall–Kier alpha value is -1.26. The fraction of sp³-hybridized carbons (Fsp3) is 0.333. The Morgan fingerprint density at radius 2 is 1.94 bits per heavy atom. The van der Waals surface area contributed by atoms with Gasteiger partial charge in [0.05, 0.1) is 22.2 Å². The number of carbonyl (C=O) groups excluding carboxylic acids is 2. The van der Waals surface area contributed by atoms with Crippen LogP contribution in [-0.2, 0) is 4.79 Å². The van der Waals surface area contributed by atoms with Gasteiger partial charge in [-0.25, -0.2) is 0 Å². The van der Waals surface area contributed by atoms with Gasteiger partial charge in [0.2, 0.25) is 5.91 Å². The molecular formula is C12H12Cl2N2O2. The first kappa shape index (κ1) is 13.2. The van der Waals surface area contributed by atoms with Crippen LogP contribution in [-0.4, -0.2) is 36.3 Å². The molecule has 0 aliphatic carbocycles. The Morgan fingerprint density at radius 1 is 1.28 bits per heavy atom. The van der Waals surface area contributed by atoms with E-state index >= 15 is 0 Å². The van der Waals surface area contributed by atoms with Gasteiger partial charge in [0.15, 0.2) is 0 Å². The lowest BCUT2D eigenvalue weighted by Crippen LogP contribution is -2.37. The summed E-state index contributed by atoms with van der Waals surface area (Å²) < 4.78 is 0. The average Bonchev–Trinajstić information content (AvgIpc) is 2.53. The first-order valence-electron chi connectivity index (χ1n) is 5.59. The van der Waals surface area contributed by atoms with Gasteiger partial charge in [-0.3, -0.25) is 9.59 Å². The Kier molecular flexibility index (Phi) is 4.09. The molecule has 2 rings (SSSR count). The summed E-state index contributed by atoms with van der Waals surface area (Å²) in [6, 6.07) is 4.90. The Labute approximate surface area is 115 Å². The molecular weight excluding hydrogens is 275 g/mol. The second-order valence-corrected chi connectivity index (χ2v) is 4.84. The van der Waals surface area contributed by atoms with Gasteiger partial charge in [0, 0.05) is 13.1 Å². The Morgan fingerprint density at radius 3 is 2.61 bits per heavy atom. The summed E-state index contributed by atoms with van der Waals surface area (Å²) in [6.45, 7) is 1.14. The number of nitrogens with one attached hydrogen (secondary N) is 1. The van der Waals surface area contributed by atoms with E-state index in [2.05, 4.69) is 5.32 Å². The second-order valence-electron chi connectivity index (χ2n) is 4.03. The Bertz CT molecular complexity index is 471. The third-order valence-electron chi connectivity index (χ3n) is 2.73. The van der Waals surface area contributed by atoms with Crippen molar-refractivity contribution in [2.24, 2.45) is 0 Å². The third-order valence-corrected chi connectivity index (χ3v) is 3.36. The molecule has 6 heteroatoms. The lowest BCUT2D eigenvalue weighted by molar-refractivity contribution is -0.121. The normalized spacial score (nSPS) is 16.1. The maximum atomic E-state index is 12.3. The van der Waals surface area contributed by atoms with Crippen molar-refractivity contribution in [2.75, 3.05) is 19.6 Å². The van der Waals surface area contributed by atoms with Crippen molar-refractivity contribution in [3.63, 3.8) is 0 Å². The van der Waals surface area contributed by atoms with E-state index in [-0.39, 0.29) is 23.9 Å². The highest BCUT2D eigenvalue weighted by Gasteiger charge is 2.24. The number of hydrogen-bond donors (Lipinski definition) is 1. The zero-order valence-corrected chi connectivity index (χ0v) is 11.1. The van der Waals surface area contributed by atoms with E-state index < -0.39 is 0 Å². The maximum absolute atomic E-state index is 12.3. The topological polar surface area (TPSA) is 49.4 Å². The number of hydrogen-bond acceptors (Lipinski definition) is 2. The summed E-state index contributed by atoms with van der Waals surface area (Å²) >= 11 is 12.0. The number of benzene rings is 1. The molecule has 1 aliphatic rings. The number of rotatable bonds is 1. The molecule has 0 aromatic heterocycles. The smallest absolute Gasteiger partial charge is 0.257 e. The van der Waals surface area contributed by atoms with Crippen LogP contribution in [0.1, 0.15) is 16.8 Å². The summed E-state index contributed by atoms with van der Waals surface area (Å²) in [7, 11) is 0. The molecule has 1 aromatic carbocycles. The number of amides is 2. The molecule has 2 amide bonds. The zero-order chi connectivity index (χ0) is 13.1. The minimum atomic E-state index is -0.303. The largest absolute Gasteiger partial charge is 0.354 e. The van der Waals surface area contributed by atoms with Crippen LogP contribution in [0.5, 0.6) is 0 Å². The lowest BCUT2D eigenvalue weighted by Gasteiger charge is -2.20. The average molecular weight is 287 g/mol. The highest BCUT2D eigenvalue weighted by atomic mass is 35.5. The number of halogens is 2. The van der Waals surface area contributed by atoms with Crippen LogP contribution in [0.15, 0.2) is 18.2 Å². The number of nitrogens with zero attached hydrogens (tertiary/aromatic N) is 1. The van der Waals surface area contributed by atoms with Gasteiger partial charge < -0.3 is 10.2 Å². The highest BCUT2D eigenvalue weighted by Crippen LogP contribution is 2.25. The van der Waals surface area contributed by atoms with Gasteiger partial charge in [-0.2, -0.15) is 0 Å². The van der Waals surface area contributed by atoms with Gasteiger partial charge in [-0.1, -0.05) is 29.3 Å². The van der Waals surface area contributed by atoms with Crippen molar-refractivity contribution in [3.8, 4) is 0 Å². The van der Waals surface area contributed by atoms with Gasteiger partial charge in [0.25, 0.3) is 5.91 Å². The summed E-state index contributed by atoms with van der Waals surface area (Å²) in [6.07, 6.45) is 0.722. The van der Waals surface area contributed by atoms with E-state index in [0.29, 0.717) is 23.1 Å². The van der Waals surface area contributed by atoms with Gasteiger partial charge in [0.1, 0.15) is 0 Å².